The fourth-order valence-electron chi connectivity index (χ4n) is 3.48. The van der Waals surface area contributed by atoms with Gasteiger partial charge in [0.15, 0.2) is 0 Å². The van der Waals surface area contributed by atoms with Crippen LogP contribution in [0.15, 0.2) is 72.8 Å². The maximum Gasteiger partial charge on any atom is 0.126 e. The highest BCUT2D eigenvalue weighted by atomic mass is 16.5. The van der Waals surface area contributed by atoms with Crippen LogP contribution in [-0.2, 0) is 0 Å². The van der Waals surface area contributed by atoms with Gasteiger partial charge in [-0.05, 0) is 29.3 Å². The first-order chi connectivity index (χ1) is 11.7. The zero-order valence-corrected chi connectivity index (χ0v) is 13.1. The summed E-state index contributed by atoms with van der Waals surface area (Å²) >= 11 is 0. The highest BCUT2D eigenvalue weighted by molar-refractivity contribution is 5.50. The highest BCUT2D eigenvalue weighted by Gasteiger charge is 2.33. The van der Waals surface area contributed by atoms with Crippen LogP contribution in [0.4, 0.5) is 0 Å². The van der Waals surface area contributed by atoms with Gasteiger partial charge < -0.3 is 14.9 Å². The van der Waals surface area contributed by atoms with Gasteiger partial charge in [0.05, 0.1) is 6.61 Å². The summed E-state index contributed by atoms with van der Waals surface area (Å²) < 4.78 is 5.93. The molecule has 0 saturated heterocycles. The second-order valence-corrected chi connectivity index (χ2v) is 6.12. The summed E-state index contributed by atoms with van der Waals surface area (Å²) in [5.74, 6) is 1.49. The Hall–Kier alpha value is -2.94. The number of hydrogen-bond acceptors (Lipinski definition) is 3. The summed E-state index contributed by atoms with van der Waals surface area (Å²) in [7, 11) is 0. The Morgan fingerprint density at radius 2 is 1.46 bits per heavy atom. The van der Waals surface area contributed by atoms with Gasteiger partial charge in [-0.2, -0.15) is 0 Å². The Bertz CT molecular complexity index is 841. The molecule has 0 fully saturated rings. The molecule has 24 heavy (non-hydrogen) atoms. The largest absolute Gasteiger partial charge is 0.508 e. The summed E-state index contributed by atoms with van der Waals surface area (Å²) in [6.07, 6.45) is 0. The lowest BCUT2D eigenvalue weighted by molar-refractivity contribution is 0.247. The quantitative estimate of drug-likeness (QED) is 0.736. The Labute approximate surface area is 140 Å². The van der Waals surface area contributed by atoms with Crippen molar-refractivity contribution in [2.45, 2.75) is 11.8 Å². The van der Waals surface area contributed by atoms with Crippen molar-refractivity contribution in [1.82, 2.24) is 0 Å². The van der Waals surface area contributed by atoms with Gasteiger partial charge >= 0.3 is 0 Å². The molecule has 0 saturated carbocycles. The maximum absolute atomic E-state index is 9.75. The van der Waals surface area contributed by atoms with Gasteiger partial charge in [-0.25, -0.2) is 0 Å². The van der Waals surface area contributed by atoms with Crippen LogP contribution in [0.25, 0.3) is 0 Å². The summed E-state index contributed by atoms with van der Waals surface area (Å²) in [5, 5.41) is 19.3. The van der Waals surface area contributed by atoms with E-state index in [1.54, 1.807) is 24.3 Å². The Morgan fingerprint density at radius 3 is 2.21 bits per heavy atom. The Kier molecular flexibility index (Phi) is 3.62. The number of phenolic OH excluding ortho intramolecular Hbond substituents is 2. The third kappa shape index (κ3) is 2.58. The SMILES string of the molecule is Oc1ccc(C2COc3cc(O)ccc3C2c2ccccc2)cc1. The summed E-state index contributed by atoms with van der Waals surface area (Å²) in [4.78, 5) is 0. The first-order valence-corrected chi connectivity index (χ1v) is 8.02. The molecule has 0 aliphatic carbocycles. The van der Waals surface area contributed by atoms with Gasteiger partial charge in [0.25, 0.3) is 0 Å². The lowest BCUT2D eigenvalue weighted by Gasteiger charge is -2.34. The van der Waals surface area contributed by atoms with E-state index in [-0.39, 0.29) is 23.3 Å². The fraction of sp³-hybridized carbons (Fsp3) is 0.143. The maximum atomic E-state index is 9.75. The molecular formula is C21H18O3. The molecule has 2 atom stereocenters. The van der Waals surface area contributed by atoms with Crippen LogP contribution < -0.4 is 4.74 Å². The minimum Gasteiger partial charge on any atom is -0.508 e. The summed E-state index contributed by atoms with van der Waals surface area (Å²) in [6, 6.07) is 23.0. The van der Waals surface area contributed by atoms with E-state index < -0.39 is 0 Å². The zero-order valence-electron chi connectivity index (χ0n) is 13.1. The topological polar surface area (TPSA) is 49.7 Å². The molecule has 0 amide bonds. The lowest BCUT2D eigenvalue weighted by Crippen LogP contribution is -2.25. The second-order valence-electron chi connectivity index (χ2n) is 6.12. The van der Waals surface area contributed by atoms with Crippen molar-refractivity contribution < 1.29 is 14.9 Å². The van der Waals surface area contributed by atoms with E-state index in [0.717, 1.165) is 16.9 Å². The van der Waals surface area contributed by atoms with Gasteiger partial charge in [-0.15, -0.1) is 0 Å². The molecule has 2 N–H and O–H groups in total. The number of fused-ring (bicyclic) bond motifs is 1. The molecule has 0 aromatic heterocycles. The molecule has 0 spiro atoms. The second kappa shape index (κ2) is 5.93. The fourth-order valence-corrected chi connectivity index (χ4v) is 3.48. The normalized spacial score (nSPS) is 19.3. The Morgan fingerprint density at radius 1 is 0.750 bits per heavy atom. The van der Waals surface area contributed by atoms with Gasteiger partial charge in [-0.1, -0.05) is 48.5 Å². The van der Waals surface area contributed by atoms with E-state index in [1.165, 1.54) is 5.56 Å². The smallest absolute Gasteiger partial charge is 0.126 e. The van der Waals surface area contributed by atoms with E-state index in [9.17, 15) is 10.2 Å². The summed E-state index contributed by atoms with van der Waals surface area (Å²) in [6.45, 7) is 0.529. The number of rotatable bonds is 2. The van der Waals surface area contributed by atoms with Crippen LogP contribution in [0.3, 0.4) is 0 Å². The average Bonchev–Trinajstić information content (AvgIpc) is 2.62. The van der Waals surface area contributed by atoms with E-state index in [2.05, 4.69) is 12.1 Å². The molecule has 3 heteroatoms. The number of hydrogen-bond donors (Lipinski definition) is 2. The van der Waals surface area contributed by atoms with E-state index in [4.69, 9.17) is 4.74 Å². The summed E-state index contributed by atoms with van der Waals surface area (Å²) in [5.41, 5.74) is 3.41. The monoisotopic (exact) mass is 318 g/mol. The van der Waals surface area contributed by atoms with Gasteiger partial charge in [0, 0.05) is 23.5 Å². The standard InChI is InChI=1S/C21H18O3/c22-16-8-6-14(7-9-16)19-13-24-20-12-17(23)10-11-18(20)21(19)15-4-2-1-3-5-15/h1-12,19,21-23H,13H2. The van der Waals surface area contributed by atoms with E-state index in [0.29, 0.717) is 6.61 Å². The minimum absolute atomic E-state index is 0.139. The first kappa shape index (κ1) is 14.6. The predicted molar refractivity (Wildman–Crippen MR) is 92.7 cm³/mol. The molecule has 0 radical (unpaired) electrons. The molecule has 4 rings (SSSR count). The van der Waals surface area contributed by atoms with Gasteiger partial charge in [-0.3, -0.25) is 0 Å². The van der Waals surface area contributed by atoms with Crippen molar-refractivity contribution >= 4 is 0 Å². The predicted octanol–water partition coefficient (Wildman–Crippen LogP) is 4.41. The van der Waals surface area contributed by atoms with Crippen molar-refractivity contribution in [3.05, 3.63) is 89.5 Å². The lowest BCUT2D eigenvalue weighted by atomic mass is 9.76. The number of ether oxygens (including phenoxy) is 1. The average molecular weight is 318 g/mol. The molecule has 1 heterocycles. The molecule has 1 aliphatic rings. The molecule has 3 aromatic rings. The van der Waals surface area contributed by atoms with Crippen molar-refractivity contribution in [3.8, 4) is 17.2 Å². The molecular weight excluding hydrogens is 300 g/mol. The molecule has 1 aliphatic heterocycles. The van der Waals surface area contributed by atoms with Crippen LogP contribution in [0.2, 0.25) is 0 Å². The third-order valence-electron chi connectivity index (χ3n) is 4.63. The number of aromatic hydroxyl groups is 2. The van der Waals surface area contributed by atoms with Crippen LogP contribution in [0.5, 0.6) is 17.2 Å². The van der Waals surface area contributed by atoms with Crippen LogP contribution >= 0.6 is 0 Å². The van der Waals surface area contributed by atoms with Crippen molar-refractivity contribution in [3.63, 3.8) is 0 Å². The van der Waals surface area contributed by atoms with Crippen molar-refractivity contribution in [1.29, 1.82) is 0 Å². The van der Waals surface area contributed by atoms with Crippen LogP contribution in [0.1, 0.15) is 28.5 Å². The van der Waals surface area contributed by atoms with Crippen LogP contribution in [-0.4, -0.2) is 16.8 Å². The zero-order chi connectivity index (χ0) is 16.5. The number of benzene rings is 3. The molecule has 3 nitrogen and oxygen atoms in total. The first-order valence-electron chi connectivity index (χ1n) is 8.02. The van der Waals surface area contributed by atoms with Crippen LogP contribution in [0, 0.1) is 0 Å². The van der Waals surface area contributed by atoms with E-state index >= 15 is 0 Å². The highest BCUT2D eigenvalue weighted by Crippen LogP contribution is 2.46. The minimum atomic E-state index is 0.139. The van der Waals surface area contributed by atoms with Gasteiger partial charge in [0.1, 0.15) is 17.2 Å². The van der Waals surface area contributed by atoms with Gasteiger partial charge in [0.2, 0.25) is 0 Å². The molecule has 2 unspecified atom stereocenters. The number of phenols is 2. The third-order valence-corrected chi connectivity index (χ3v) is 4.63. The Balaban J connectivity index is 1.84. The molecule has 0 bridgehead atoms. The van der Waals surface area contributed by atoms with E-state index in [1.807, 2.05) is 36.4 Å². The van der Waals surface area contributed by atoms with Crippen molar-refractivity contribution in [2.24, 2.45) is 0 Å². The van der Waals surface area contributed by atoms with Crippen molar-refractivity contribution in [2.75, 3.05) is 6.61 Å². The molecule has 120 valence electrons. The molecule has 3 aromatic carbocycles.